The molecule has 8 heteroatoms. The number of unbranched alkanes of at least 4 members (excludes halogenated alkanes) is 2. The first kappa shape index (κ1) is 17.8. The summed E-state index contributed by atoms with van der Waals surface area (Å²) in [5.41, 5.74) is 2.83. The van der Waals surface area contributed by atoms with E-state index in [9.17, 15) is 13.6 Å². The molecule has 1 aliphatic heterocycles. The van der Waals surface area contributed by atoms with Crippen LogP contribution in [0.5, 0.6) is 0 Å². The Bertz CT molecular complexity index is 308. The van der Waals surface area contributed by atoms with Crippen LogP contribution in [0.2, 0.25) is 0 Å². The second-order valence-electron chi connectivity index (χ2n) is 4.75. The third-order valence-electron chi connectivity index (χ3n) is 3.18. The third-order valence-corrected chi connectivity index (χ3v) is 5.09. The van der Waals surface area contributed by atoms with Gasteiger partial charge in [0.2, 0.25) is 0 Å². The third kappa shape index (κ3) is 6.04. The van der Waals surface area contributed by atoms with Crippen LogP contribution in [-0.2, 0) is 3.07 Å². The summed E-state index contributed by atoms with van der Waals surface area (Å²) in [6.07, 6.45) is 2.28. The Morgan fingerprint density at radius 1 is 1.50 bits per heavy atom. The van der Waals surface area contributed by atoms with E-state index in [1.807, 2.05) is 0 Å². The van der Waals surface area contributed by atoms with Crippen molar-refractivity contribution in [1.82, 2.24) is 15.8 Å². The van der Waals surface area contributed by atoms with Crippen LogP contribution >= 0.6 is 0 Å². The van der Waals surface area contributed by atoms with Crippen molar-refractivity contribution in [3.05, 3.63) is 0 Å². The number of nitrogens with zero attached hydrogens (tertiary/aromatic N) is 1. The Morgan fingerprint density at radius 2 is 2.25 bits per heavy atom. The standard InChI is InChI=1S/C12H23F2IN3O2/c1-3-4-5-7-15-20-11(19)17-10-9-18(16-2)8-6-12(10,13)14/h10,16H,3-9H2,1-2H3,(H,17,19)/q-1/t10-/m0/s1. The Morgan fingerprint density at radius 3 is 2.90 bits per heavy atom. The van der Waals surface area contributed by atoms with E-state index in [0.29, 0.717) is 0 Å². The average molecular weight is 406 g/mol. The SMILES string of the molecule is CCCCC[I-]OC(=O)N[C@H]1CN(NC)CCC1(F)F. The van der Waals surface area contributed by atoms with Crippen molar-refractivity contribution in [2.24, 2.45) is 0 Å². The Hall–Kier alpha value is -0.220. The van der Waals surface area contributed by atoms with Gasteiger partial charge in [0.15, 0.2) is 0 Å². The Labute approximate surface area is 129 Å². The van der Waals surface area contributed by atoms with E-state index >= 15 is 0 Å². The summed E-state index contributed by atoms with van der Waals surface area (Å²) in [7, 11) is 1.68. The van der Waals surface area contributed by atoms with Gasteiger partial charge in [0.25, 0.3) is 0 Å². The molecule has 20 heavy (non-hydrogen) atoms. The second-order valence-corrected chi connectivity index (χ2v) is 6.89. The van der Waals surface area contributed by atoms with Crippen molar-refractivity contribution in [3.63, 3.8) is 0 Å². The van der Waals surface area contributed by atoms with Crippen molar-refractivity contribution in [3.8, 4) is 0 Å². The van der Waals surface area contributed by atoms with Gasteiger partial charge in [-0.25, -0.2) is 0 Å². The average Bonchev–Trinajstić information content (AvgIpc) is 2.41. The van der Waals surface area contributed by atoms with Crippen LogP contribution in [0.25, 0.3) is 0 Å². The summed E-state index contributed by atoms with van der Waals surface area (Å²) in [5, 5.41) is 3.96. The summed E-state index contributed by atoms with van der Waals surface area (Å²) >= 11 is -0.690. The molecule has 1 rings (SSSR count). The summed E-state index contributed by atoms with van der Waals surface area (Å²) in [6, 6.07) is -1.20. The van der Waals surface area contributed by atoms with Gasteiger partial charge in [0.05, 0.1) is 0 Å². The van der Waals surface area contributed by atoms with Gasteiger partial charge >= 0.3 is 129 Å². The van der Waals surface area contributed by atoms with Crippen LogP contribution in [0.1, 0.15) is 32.6 Å². The van der Waals surface area contributed by atoms with Gasteiger partial charge in [0.1, 0.15) is 0 Å². The van der Waals surface area contributed by atoms with E-state index in [4.69, 9.17) is 3.07 Å². The summed E-state index contributed by atoms with van der Waals surface area (Å²) in [4.78, 5) is 11.5. The molecule has 1 heterocycles. The fourth-order valence-corrected chi connectivity index (χ4v) is 3.39. The molecular weight excluding hydrogens is 383 g/mol. The van der Waals surface area contributed by atoms with E-state index < -0.39 is 39.7 Å². The van der Waals surface area contributed by atoms with Gasteiger partial charge in [-0.05, 0) is 0 Å². The minimum absolute atomic E-state index is 0.0761. The molecule has 0 unspecified atom stereocenters. The van der Waals surface area contributed by atoms with Gasteiger partial charge < -0.3 is 0 Å². The molecule has 1 amide bonds. The summed E-state index contributed by atoms with van der Waals surface area (Å²) < 4.78 is 33.3. The molecule has 1 saturated heterocycles. The monoisotopic (exact) mass is 406 g/mol. The summed E-state index contributed by atoms with van der Waals surface area (Å²) in [5.74, 6) is -2.88. The molecule has 0 aliphatic carbocycles. The maximum absolute atomic E-state index is 13.7. The normalized spacial score (nSPS) is 22.7. The Kier molecular flexibility index (Phi) is 7.96. The molecule has 5 nitrogen and oxygen atoms in total. The molecule has 0 radical (unpaired) electrons. The zero-order chi connectivity index (χ0) is 15.0. The van der Waals surface area contributed by atoms with Gasteiger partial charge in [-0.1, -0.05) is 0 Å². The van der Waals surface area contributed by atoms with Gasteiger partial charge in [-0.2, -0.15) is 0 Å². The van der Waals surface area contributed by atoms with Crippen molar-refractivity contribution < 1.29 is 38.3 Å². The number of hydrogen-bond acceptors (Lipinski definition) is 4. The summed E-state index contributed by atoms with van der Waals surface area (Å²) in [6.45, 7) is 2.44. The van der Waals surface area contributed by atoms with Crippen LogP contribution in [0.4, 0.5) is 13.6 Å². The number of rotatable bonds is 7. The number of hydrogen-bond donors (Lipinski definition) is 2. The number of carbonyl (C=O) groups excluding carboxylic acids is 1. The topological polar surface area (TPSA) is 53.6 Å². The molecule has 1 aliphatic rings. The van der Waals surface area contributed by atoms with Crippen molar-refractivity contribution in [1.29, 1.82) is 0 Å². The van der Waals surface area contributed by atoms with Crippen molar-refractivity contribution in [2.45, 2.75) is 44.6 Å². The molecule has 120 valence electrons. The fraction of sp³-hybridized carbons (Fsp3) is 0.917. The molecule has 0 spiro atoms. The number of carbonyl (C=O) groups is 1. The molecule has 2 N–H and O–H groups in total. The predicted octanol–water partition coefficient (Wildman–Crippen LogP) is -1.25. The van der Waals surface area contributed by atoms with Crippen LogP contribution in [-0.4, -0.2) is 47.6 Å². The van der Waals surface area contributed by atoms with Crippen molar-refractivity contribution in [2.75, 3.05) is 24.6 Å². The first-order valence-electron chi connectivity index (χ1n) is 6.86. The Balaban J connectivity index is 2.31. The molecular formula is C12H23F2IN3O2-. The first-order chi connectivity index (χ1) is 9.49. The van der Waals surface area contributed by atoms with Crippen LogP contribution < -0.4 is 32.4 Å². The number of piperidine rings is 1. The number of halogens is 3. The molecule has 0 aromatic heterocycles. The molecule has 1 atom stereocenters. The van der Waals surface area contributed by atoms with Crippen molar-refractivity contribution >= 4 is 6.09 Å². The van der Waals surface area contributed by atoms with E-state index in [1.54, 1.807) is 12.1 Å². The van der Waals surface area contributed by atoms with Crippen LogP contribution in [0.15, 0.2) is 0 Å². The van der Waals surface area contributed by atoms with Gasteiger partial charge in [-0.15, -0.1) is 0 Å². The molecule has 0 aromatic rings. The van der Waals surface area contributed by atoms with Crippen LogP contribution in [0.3, 0.4) is 0 Å². The zero-order valence-electron chi connectivity index (χ0n) is 11.9. The van der Waals surface area contributed by atoms with Gasteiger partial charge in [0, 0.05) is 0 Å². The van der Waals surface area contributed by atoms with E-state index in [-0.39, 0.29) is 19.5 Å². The van der Waals surface area contributed by atoms with E-state index in [0.717, 1.165) is 23.7 Å². The first-order valence-corrected chi connectivity index (χ1v) is 9.27. The maximum atomic E-state index is 13.7. The number of amides is 1. The molecule has 0 aromatic carbocycles. The quantitative estimate of drug-likeness (QED) is 0.315. The van der Waals surface area contributed by atoms with Gasteiger partial charge in [-0.3, -0.25) is 0 Å². The fourth-order valence-electron chi connectivity index (χ4n) is 1.91. The van der Waals surface area contributed by atoms with Crippen LogP contribution in [0, 0.1) is 0 Å². The molecule has 1 fully saturated rings. The number of hydrazine groups is 1. The predicted molar refractivity (Wildman–Crippen MR) is 68.0 cm³/mol. The minimum atomic E-state index is -2.88. The van der Waals surface area contributed by atoms with E-state index in [1.165, 1.54) is 0 Å². The molecule has 0 saturated carbocycles. The zero-order valence-corrected chi connectivity index (χ0v) is 14.1. The number of nitrogens with one attached hydrogen (secondary N) is 2. The molecule has 0 bridgehead atoms. The second kappa shape index (κ2) is 8.93. The van der Waals surface area contributed by atoms with E-state index in [2.05, 4.69) is 17.7 Å². The number of alkyl halides is 3.